The van der Waals surface area contributed by atoms with Crippen LogP contribution in [0.15, 0.2) is 11.4 Å². The van der Waals surface area contributed by atoms with E-state index >= 15 is 0 Å². The van der Waals surface area contributed by atoms with Crippen molar-refractivity contribution in [2.45, 2.75) is 25.3 Å². The summed E-state index contributed by atoms with van der Waals surface area (Å²) >= 11 is 0. The lowest BCUT2D eigenvalue weighted by Gasteiger charge is -2.19. The number of nitrogen functional groups attached to an aromatic ring is 1. The number of rotatable bonds is 5. The van der Waals surface area contributed by atoms with Gasteiger partial charge in [-0.3, -0.25) is 0 Å². The molecule has 0 aliphatic rings. The first-order valence-corrected chi connectivity index (χ1v) is 6.66. The van der Waals surface area contributed by atoms with E-state index in [-0.39, 0.29) is 10.8 Å². The van der Waals surface area contributed by atoms with Crippen molar-refractivity contribution in [2.75, 3.05) is 18.8 Å². The second kappa shape index (κ2) is 4.84. The standard InChI is InChI=1S/C9H18N4O2S/c1-4-6-13(5-2)16(14,15)9-8(10)11-7-12(9)3/h7H,4-6,10H2,1-3H3. The maximum atomic E-state index is 12.2. The van der Waals surface area contributed by atoms with Gasteiger partial charge in [0.25, 0.3) is 10.0 Å². The quantitative estimate of drug-likeness (QED) is 0.816. The van der Waals surface area contributed by atoms with Gasteiger partial charge in [-0.15, -0.1) is 0 Å². The first-order chi connectivity index (χ1) is 7.45. The van der Waals surface area contributed by atoms with Crippen LogP contribution in [0.4, 0.5) is 5.82 Å². The van der Waals surface area contributed by atoms with E-state index in [2.05, 4.69) is 4.98 Å². The van der Waals surface area contributed by atoms with E-state index in [4.69, 9.17) is 5.73 Å². The van der Waals surface area contributed by atoms with E-state index in [1.54, 1.807) is 14.0 Å². The zero-order valence-electron chi connectivity index (χ0n) is 9.84. The van der Waals surface area contributed by atoms with Crippen LogP contribution in [0.25, 0.3) is 0 Å². The highest BCUT2D eigenvalue weighted by Crippen LogP contribution is 2.20. The molecule has 0 fully saturated rings. The van der Waals surface area contributed by atoms with Gasteiger partial charge >= 0.3 is 0 Å². The predicted octanol–water partition coefficient (Wildman–Crippen LogP) is 0.423. The number of hydrogen-bond acceptors (Lipinski definition) is 4. The molecule has 0 spiro atoms. The highest BCUT2D eigenvalue weighted by Gasteiger charge is 2.28. The molecule has 1 rings (SSSR count). The third kappa shape index (κ3) is 2.19. The summed E-state index contributed by atoms with van der Waals surface area (Å²) in [5.41, 5.74) is 5.58. The van der Waals surface area contributed by atoms with Crippen LogP contribution in [0.5, 0.6) is 0 Å². The van der Waals surface area contributed by atoms with Crippen LogP contribution in [-0.2, 0) is 17.1 Å². The smallest absolute Gasteiger partial charge is 0.262 e. The molecule has 92 valence electrons. The monoisotopic (exact) mass is 246 g/mol. The van der Waals surface area contributed by atoms with E-state index in [1.165, 1.54) is 15.2 Å². The van der Waals surface area contributed by atoms with Gasteiger partial charge in [0.2, 0.25) is 0 Å². The number of aryl methyl sites for hydroxylation is 1. The minimum absolute atomic E-state index is 0.0528. The van der Waals surface area contributed by atoms with Crippen molar-refractivity contribution in [3.63, 3.8) is 0 Å². The van der Waals surface area contributed by atoms with Crippen molar-refractivity contribution in [1.82, 2.24) is 13.9 Å². The summed E-state index contributed by atoms with van der Waals surface area (Å²) in [5.74, 6) is 0.0528. The lowest BCUT2D eigenvalue weighted by atomic mass is 10.5. The highest BCUT2D eigenvalue weighted by molar-refractivity contribution is 7.89. The van der Waals surface area contributed by atoms with Gasteiger partial charge in [-0.1, -0.05) is 13.8 Å². The molecule has 7 heteroatoms. The molecular weight excluding hydrogens is 228 g/mol. The van der Waals surface area contributed by atoms with Gasteiger partial charge in [0.15, 0.2) is 10.8 Å². The van der Waals surface area contributed by atoms with Gasteiger partial charge in [0, 0.05) is 20.1 Å². The van der Waals surface area contributed by atoms with E-state index in [0.717, 1.165) is 6.42 Å². The first kappa shape index (κ1) is 13.0. The molecular formula is C9H18N4O2S. The molecule has 0 aromatic carbocycles. The molecule has 0 unspecified atom stereocenters. The van der Waals surface area contributed by atoms with E-state index in [9.17, 15) is 8.42 Å². The van der Waals surface area contributed by atoms with Crippen molar-refractivity contribution >= 4 is 15.8 Å². The molecule has 0 radical (unpaired) electrons. The fourth-order valence-corrected chi connectivity index (χ4v) is 3.31. The SMILES string of the molecule is CCCN(CC)S(=O)(=O)c1c(N)ncn1C. The first-order valence-electron chi connectivity index (χ1n) is 5.22. The molecule has 0 atom stereocenters. The van der Waals surface area contributed by atoms with Crippen LogP contribution in [-0.4, -0.2) is 35.4 Å². The van der Waals surface area contributed by atoms with Crippen molar-refractivity contribution < 1.29 is 8.42 Å². The Hall–Kier alpha value is -1.08. The van der Waals surface area contributed by atoms with Crippen LogP contribution < -0.4 is 5.73 Å². The summed E-state index contributed by atoms with van der Waals surface area (Å²) < 4.78 is 27.3. The number of imidazole rings is 1. The molecule has 0 aliphatic carbocycles. The van der Waals surface area contributed by atoms with Gasteiger partial charge < -0.3 is 10.3 Å². The minimum atomic E-state index is -3.52. The van der Waals surface area contributed by atoms with Crippen LogP contribution >= 0.6 is 0 Å². The molecule has 16 heavy (non-hydrogen) atoms. The molecule has 6 nitrogen and oxygen atoms in total. The second-order valence-electron chi connectivity index (χ2n) is 3.54. The van der Waals surface area contributed by atoms with Crippen LogP contribution in [0.2, 0.25) is 0 Å². The molecule has 1 aromatic rings. The Morgan fingerprint density at radius 3 is 2.50 bits per heavy atom. The largest absolute Gasteiger partial charge is 0.381 e. The second-order valence-corrected chi connectivity index (χ2v) is 5.40. The highest BCUT2D eigenvalue weighted by atomic mass is 32.2. The zero-order valence-corrected chi connectivity index (χ0v) is 10.7. The number of aromatic nitrogens is 2. The Morgan fingerprint density at radius 1 is 1.50 bits per heavy atom. The molecule has 0 saturated heterocycles. The Morgan fingerprint density at radius 2 is 2.12 bits per heavy atom. The van der Waals surface area contributed by atoms with Crippen molar-refractivity contribution in [3.05, 3.63) is 6.33 Å². The Kier molecular flexibility index (Phi) is 3.93. The van der Waals surface area contributed by atoms with Crippen molar-refractivity contribution in [2.24, 2.45) is 7.05 Å². The summed E-state index contributed by atoms with van der Waals surface area (Å²) in [6.07, 6.45) is 2.17. The van der Waals surface area contributed by atoms with E-state index in [0.29, 0.717) is 13.1 Å². The summed E-state index contributed by atoms with van der Waals surface area (Å²) in [6.45, 7) is 4.66. The number of hydrogen-bond donors (Lipinski definition) is 1. The number of nitrogens with zero attached hydrogens (tertiary/aromatic N) is 3. The van der Waals surface area contributed by atoms with Crippen LogP contribution in [0, 0.1) is 0 Å². The molecule has 2 N–H and O–H groups in total. The van der Waals surface area contributed by atoms with Gasteiger partial charge in [-0.2, -0.15) is 4.31 Å². The summed E-state index contributed by atoms with van der Waals surface area (Å²) in [4.78, 5) is 3.79. The van der Waals surface area contributed by atoms with Gasteiger partial charge in [-0.05, 0) is 6.42 Å². The van der Waals surface area contributed by atoms with Gasteiger partial charge in [0.1, 0.15) is 0 Å². The van der Waals surface area contributed by atoms with Gasteiger partial charge in [0.05, 0.1) is 6.33 Å². The summed E-state index contributed by atoms with van der Waals surface area (Å²) in [5, 5.41) is 0.0720. The number of anilines is 1. The van der Waals surface area contributed by atoms with Crippen molar-refractivity contribution in [3.8, 4) is 0 Å². The van der Waals surface area contributed by atoms with E-state index in [1.807, 2.05) is 6.92 Å². The van der Waals surface area contributed by atoms with Crippen molar-refractivity contribution in [1.29, 1.82) is 0 Å². The Labute approximate surface area is 96.1 Å². The lowest BCUT2D eigenvalue weighted by Crippen LogP contribution is -2.33. The minimum Gasteiger partial charge on any atom is -0.381 e. The molecule has 0 bridgehead atoms. The topological polar surface area (TPSA) is 81.2 Å². The fraction of sp³-hybridized carbons (Fsp3) is 0.667. The Bertz CT molecular complexity index is 433. The molecule has 0 amide bonds. The molecule has 0 saturated carbocycles. The molecule has 1 heterocycles. The fourth-order valence-electron chi connectivity index (χ4n) is 1.57. The number of nitrogens with two attached hydrogens (primary N) is 1. The predicted molar refractivity (Wildman–Crippen MR) is 62.3 cm³/mol. The molecule has 1 aromatic heterocycles. The average Bonchev–Trinajstić information content (AvgIpc) is 2.55. The van der Waals surface area contributed by atoms with Crippen LogP contribution in [0.3, 0.4) is 0 Å². The molecule has 0 aliphatic heterocycles. The normalized spacial score (nSPS) is 12.2. The lowest BCUT2D eigenvalue weighted by molar-refractivity contribution is 0.423. The Balaban J connectivity index is 3.20. The average molecular weight is 246 g/mol. The third-order valence-electron chi connectivity index (χ3n) is 2.32. The van der Waals surface area contributed by atoms with E-state index < -0.39 is 10.0 Å². The number of sulfonamides is 1. The third-order valence-corrected chi connectivity index (χ3v) is 4.43. The summed E-state index contributed by atoms with van der Waals surface area (Å²) in [6, 6.07) is 0. The zero-order chi connectivity index (χ0) is 12.3. The maximum absolute atomic E-state index is 12.2. The van der Waals surface area contributed by atoms with Gasteiger partial charge in [-0.25, -0.2) is 13.4 Å². The van der Waals surface area contributed by atoms with Crippen LogP contribution in [0.1, 0.15) is 20.3 Å². The maximum Gasteiger partial charge on any atom is 0.262 e. The summed E-state index contributed by atoms with van der Waals surface area (Å²) in [7, 11) is -1.90.